The number of alkyl halides is 3. The Morgan fingerprint density at radius 1 is 1.29 bits per heavy atom. The lowest BCUT2D eigenvalue weighted by atomic mass is 9.82. The zero-order valence-electron chi connectivity index (χ0n) is 13.2. The number of hydrogen-bond donors (Lipinski definition) is 1. The fraction of sp³-hybridized carbons (Fsp3) is 0.588. The predicted octanol–water partition coefficient (Wildman–Crippen LogP) is 2.85. The van der Waals surface area contributed by atoms with Crippen molar-refractivity contribution < 1.29 is 27.8 Å². The van der Waals surface area contributed by atoms with Crippen LogP contribution in [0.1, 0.15) is 41.6 Å². The Morgan fingerprint density at radius 3 is 2.62 bits per heavy atom. The summed E-state index contributed by atoms with van der Waals surface area (Å²) in [6.45, 7) is 1.33. The lowest BCUT2D eigenvalue weighted by Gasteiger charge is -2.46. The maximum Gasteiger partial charge on any atom is 0.416 e. The molecular formula is C17H20F3NO3. The standard InChI is InChI=1S/C17H20F3NO3/c18-17(19,20)13-4-1-3-12(11-13)15(23)21-8-6-16(7-9-21)14(22)5-2-10-24-16/h1,3-4,11,14,22H,2,5-10H2/t14-/m1/s1. The maximum absolute atomic E-state index is 12.8. The molecule has 2 aliphatic heterocycles. The van der Waals surface area contributed by atoms with Crippen LogP contribution in [0.5, 0.6) is 0 Å². The number of hydrogen-bond acceptors (Lipinski definition) is 3. The van der Waals surface area contributed by atoms with Gasteiger partial charge in [-0.05, 0) is 43.9 Å². The average molecular weight is 343 g/mol. The number of rotatable bonds is 1. The third kappa shape index (κ3) is 3.28. The van der Waals surface area contributed by atoms with E-state index in [1.807, 2.05) is 0 Å². The minimum Gasteiger partial charge on any atom is -0.390 e. The molecule has 1 amide bonds. The van der Waals surface area contributed by atoms with Crippen LogP contribution in [0, 0.1) is 0 Å². The molecule has 1 aromatic rings. The van der Waals surface area contributed by atoms with Gasteiger partial charge in [0.05, 0.1) is 17.3 Å². The molecule has 1 spiro atoms. The summed E-state index contributed by atoms with van der Waals surface area (Å²) in [5, 5.41) is 10.2. The van der Waals surface area contributed by atoms with Crippen molar-refractivity contribution in [2.45, 2.75) is 43.6 Å². The number of carbonyl (C=O) groups is 1. The van der Waals surface area contributed by atoms with Gasteiger partial charge in [0, 0.05) is 25.3 Å². The van der Waals surface area contributed by atoms with E-state index in [0.717, 1.165) is 18.6 Å². The second kappa shape index (κ2) is 6.37. The highest BCUT2D eigenvalue weighted by atomic mass is 19.4. The molecule has 0 bridgehead atoms. The number of carbonyl (C=O) groups excluding carboxylic acids is 1. The van der Waals surface area contributed by atoms with E-state index in [4.69, 9.17) is 4.74 Å². The zero-order chi connectivity index (χ0) is 17.4. The molecule has 1 atom stereocenters. The maximum atomic E-state index is 12.8. The Hall–Kier alpha value is -1.60. The molecule has 2 aliphatic rings. The molecule has 24 heavy (non-hydrogen) atoms. The molecule has 4 nitrogen and oxygen atoms in total. The van der Waals surface area contributed by atoms with Gasteiger partial charge in [-0.25, -0.2) is 0 Å². The Kier molecular flexibility index (Phi) is 4.57. The van der Waals surface area contributed by atoms with Gasteiger partial charge < -0.3 is 14.7 Å². The second-order valence-electron chi connectivity index (χ2n) is 6.44. The van der Waals surface area contributed by atoms with Crippen molar-refractivity contribution >= 4 is 5.91 Å². The highest BCUT2D eigenvalue weighted by molar-refractivity contribution is 5.94. The number of aliphatic hydroxyl groups excluding tert-OH is 1. The number of nitrogens with zero attached hydrogens (tertiary/aromatic N) is 1. The molecular weight excluding hydrogens is 323 g/mol. The van der Waals surface area contributed by atoms with Crippen molar-refractivity contribution in [3.8, 4) is 0 Å². The normalized spacial score (nSPS) is 24.2. The van der Waals surface area contributed by atoms with E-state index in [1.54, 1.807) is 0 Å². The topological polar surface area (TPSA) is 49.8 Å². The van der Waals surface area contributed by atoms with Gasteiger partial charge in [-0.2, -0.15) is 13.2 Å². The Labute approximate surface area is 138 Å². The molecule has 0 aromatic heterocycles. The summed E-state index contributed by atoms with van der Waals surface area (Å²) in [4.78, 5) is 14.0. The number of amides is 1. The van der Waals surface area contributed by atoms with Crippen molar-refractivity contribution in [3.63, 3.8) is 0 Å². The van der Waals surface area contributed by atoms with E-state index in [2.05, 4.69) is 0 Å². The molecule has 132 valence electrons. The molecule has 0 aliphatic carbocycles. The van der Waals surface area contributed by atoms with E-state index in [9.17, 15) is 23.1 Å². The molecule has 1 aromatic carbocycles. The first kappa shape index (κ1) is 17.2. The molecule has 7 heteroatoms. The summed E-state index contributed by atoms with van der Waals surface area (Å²) in [7, 11) is 0. The van der Waals surface area contributed by atoms with Gasteiger partial charge in [-0.1, -0.05) is 6.07 Å². The zero-order valence-corrected chi connectivity index (χ0v) is 13.2. The van der Waals surface area contributed by atoms with Crippen molar-refractivity contribution in [1.29, 1.82) is 0 Å². The van der Waals surface area contributed by atoms with Gasteiger partial charge in [-0.3, -0.25) is 4.79 Å². The first-order valence-electron chi connectivity index (χ1n) is 8.10. The van der Waals surface area contributed by atoms with Gasteiger partial charge in [0.25, 0.3) is 5.91 Å². The van der Waals surface area contributed by atoms with E-state index in [1.165, 1.54) is 17.0 Å². The Morgan fingerprint density at radius 2 is 2.00 bits per heavy atom. The summed E-state index contributed by atoms with van der Waals surface area (Å²) in [6.07, 6.45) is -2.52. The van der Waals surface area contributed by atoms with Crippen LogP contribution in [-0.2, 0) is 10.9 Å². The van der Waals surface area contributed by atoms with E-state index < -0.39 is 29.4 Å². The highest BCUT2D eigenvalue weighted by Gasteiger charge is 2.44. The molecule has 2 heterocycles. The van der Waals surface area contributed by atoms with Crippen molar-refractivity contribution in [1.82, 2.24) is 4.90 Å². The van der Waals surface area contributed by atoms with Crippen molar-refractivity contribution in [2.24, 2.45) is 0 Å². The van der Waals surface area contributed by atoms with Crippen molar-refractivity contribution in [3.05, 3.63) is 35.4 Å². The third-order valence-corrected chi connectivity index (χ3v) is 4.95. The monoisotopic (exact) mass is 343 g/mol. The number of benzene rings is 1. The van der Waals surface area contributed by atoms with E-state index >= 15 is 0 Å². The molecule has 3 rings (SSSR count). The molecule has 0 saturated carbocycles. The Bertz CT molecular complexity index is 609. The van der Waals surface area contributed by atoms with Gasteiger partial charge in [0.1, 0.15) is 0 Å². The fourth-order valence-electron chi connectivity index (χ4n) is 3.49. The largest absolute Gasteiger partial charge is 0.416 e. The van der Waals surface area contributed by atoms with Gasteiger partial charge in [0.15, 0.2) is 0 Å². The summed E-state index contributed by atoms with van der Waals surface area (Å²) in [5.74, 6) is -0.416. The summed E-state index contributed by atoms with van der Waals surface area (Å²) in [6, 6.07) is 4.48. The van der Waals surface area contributed by atoms with Gasteiger partial charge >= 0.3 is 6.18 Å². The fourth-order valence-corrected chi connectivity index (χ4v) is 3.49. The van der Waals surface area contributed by atoms with E-state index in [0.29, 0.717) is 39.0 Å². The number of likely N-dealkylation sites (tertiary alicyclic amines) is 1. The molecule has 2 fully saturated rings. The van der Waals surface area contributed by atoms with Crippen LogP contribution in [0.2, 0.25) is 0 Å². The number of piperidine rings is 1. The van der Waals surface area contributed by atoms with Crippen LogP contribution in [0.3, 0.4) is 0 Å². The SMILES string of the molecule is O=C(c1cccc(C(F)(F)F)c1)N1CCC2(CC1)OCCC[C@H]2O. The van der Waals surface area contributed by atoms with Crippen LogP contribution < -0.4 is 0 Å². The van der Waals surface area contributed by atoms with Crippen LogP contribution in [0.25, 0.3) is 0 Å². The highest BCUT2D eigenvalue weighted by Crippen LogP contribution is 2.36. The van der Waals surface area contributed by atoms with E-state index in [-0.39, 0.29) is 5.56 Å². The molecule has 0 unspecified atom stereocenters. The summed E-state index contributed by atoms with van der Waals surface area (Å²) in [5.41, 5.74) is -1.40. The number of halogens is 3. The summed E-state index contributed by atoms with van der Waals surface area (Å²) >= 11 is 0. The van der Waals surface area contributed by atoms with Crippen LogP contribution in [-0.4, -0.2) is 47.3 Å². The smallest absolute Gasteiger partial charge is 0.390 e. The van der Waals surface area contributed by atoms with Gasteiger partial charge in [-0.15, -0.1) is 0 Å². The number of aliphatic hydroxyl groups is 1. The average Bonchev–Trinajstić information content (AvgIpc) is 2.57. The quantitative estimate of drug-likeness (QED) is 0.853. The van der Waals surface area contributed by atoms with Gasteiger partial charge in [0.2, 0.25) is 0 Å². The summed E-state index contributed by atoms with van der Waals surface area (Å²) < 4.78 is 44.1. The lowest BCUT2D eigenvalue weighted by Crippen LogP contribution is -2.56. The first-order chi connectivity index (χ1) is 11.3. The minimum absolute atomic E-state index is 0.0332. The van der Waals surface area contributed by atoms with Crippen LogP contribution in [0.4, 0.5) is 13.2 Å². The lowest BCUT2D eigenvalue weighted by molar-refractivity contribution is -0.174. The van der Waals surface area contributed by atoms with Crippen LogP contribution in [0.15, 0.2) is 24.3 Å². The minimum atomic E-state index is -4.47. The molecule has 1 N–H and O–H groups in total. The Balaban J connectivity index is 1.69. The molecule has 2 saturated heterocycles. The van der Waals surface area contributed by atoms with Crippen LogP contribution >= 0.6 is 0 Å². The molecule has 0 radical (unpaired) electrons. The predicted molar refractivity (Wildman–Crippen MR) is 80.5 cm³/mol. The van der Waals surface area contributed by atoms with Crippen molar-refractivity contribution in [2.75, 3.05) is 19.7 Å². The third-order valence-electron chi connectivity index (χ3n) is 4.95. The second-order valence-corrected chi connectivity index (χ2v) is 6.44. The first-order valence-corrected chi connectivity index (χ1v) is 8.10. The number of ether oxygens (including phenoxy) is 1.